The molecule has 2 heterocycles. The van der Waals surface area contributed by atoms with Crippen LogP contribution in [0.1, 0.15) is 33.2 Å². The van der Waals surface area contributed by atoms with Gasteiger partial charge in [-0.2, -0.15) is 18.6 Å². The van der Waals surface area contributed by atoms with E-state index in [-0.39, 0.29) is 25.6 Å². The molecular weight excluding hydrogens is 264 g/mol. The van der Waals surface area contributed by atoms with Crippen LogP contribution in [0, 0.1) is 0 Å². The van der Waals surface area contributed by atoms with Crippen LogP contribution in [0.3, 0.4) is 0 Å². The minimum Gasteiger partial charge on any atom is -0.444 e. The van der Waals surface area contributed by atoms with Gasteiger partial charge in [0.1, 0.15) is 5.60 Å². The molecule has 0 aromatic carbocycles. The Morgan fingerprint density at radius 1 is 1.53 bits per heavy atom. The molecule has 2 rings (SSSR count). The lowest BCUT2D eigenvalue weighted by atomic mass is 10.2. The van der Waals surface area contributed by atoms with Gasteiger partial charge in [0.2, 0.25) is 0 Å². The first-order valence-corrected chi connectivity index (χ1v) is 6.13. The lowest BCUT2D eigenvalue weighted by Crippen LogP contribution is -2.35. The van der Waals surface area contributed by atoms with Gasteiger partial charge in [0, 0.05) is 19.3 Å². The Morgan fingerprint density at radius 2 is 2.21 bits per heavy atom. The minimum atomic E-state index is -0.453. The van der Waals surface area contributed by atoms with Crippen LogP contribution in [-0.2, 0) is 4.74 Å². The molecule has 2 N–H and O–H groups in total. The molecule has 1 aromatic rings. The number of carbonyl (C=O) groups is 1. The Bertz CT molecular complexity index is 441. The Balaban J connectivity index is 0.00000180. The van der Waals surface area contributed by atoms with Crippen molar-refractivity contribution in [2.24, 2.45) is 0 Å². The molecule has 1 saturated heterocycles. The largest absolute Gasteiger partial charge is 0.444 e. The van der Waals surface area contributed by atoms with E-state index in [1.54, 1.807) is 17.3 Å². The highest BCUT2D eigenvalue weighted by molar-refractivity contribution is 7.59. The lowest BCUT2D eigenvalue weighted by Gasteiger charge is -2.24. The molecule has 0 bridgehead atoms. The fourth-order valence-electron chi connectivity index (χ4n) is 2.00. The van der Waals surface area contributed by atoms with E-state index in [4.69, 9.17) is 10.5 Å². The smallest absolute Gasteiger partial charge is 0.410 e. The summed E-state index contributed by atoms with van der Waals surface area (Å²) in [6.45, 7) is 6.92. The van der Waals surface area contributed by atoms with E-state index in [0.717, 1.165) is 6.42 Å². The van der Waals surface area contributed by atoms with Crippen LogP contribution in [0.4, 0.5) is 10.5 Å². The maximum absolute atomic E-state index is 11.9. The Morgan fingerprint density at radius 3 is 2.74 bits per heavy atom. The second-order valence-corrected chi connectivity index (χ2v) is 5.62. The number of carbonyl (C=O) groups excluding carboxylic acids is 1. The van der Waals surface area contributed by atoms with Gasteiger partial charge in [-0.3, -0.25) is 4.68 Å². The number of likely N-dealkylation sites (tertiary alicyclic amines) is 1. The first kappa shape index (κ1) is 15.7. The summed E-state index contributed by atoms with van der Waals surface area (Å²) in [4.78, 5) is 13.6. The molecule has 1 amide bonds. The SMILES string of the molecule is CC(C)(C)OC(=O)N1CC[C@H](n2cc(N)cn2)C1.S. The molecule has 7 heteroatoms. The lowest BCUT2D eigenvalue weighted by molar-refractivity contribution is 0.0288. The van der Waals surface area contributed by atoms with Crippen LogP contribution in [0.5, 0.6) is 0 Å². The third kappa shape index (κ3) is 4.05. The molecule has 108 valence electrons. The highest BCUT2D eigenvalue weighted by Gasteiger charge is 2.30. The molecule has 1 aromatic heterocycles. The van der Waals surface area contributed by atoms with Gasteiger partial charge in [0.15, 0.2) is 0 Å². The van der Waals surface area contributed by atoms with Crippen LogP contribution < -0.4 is 5.73 Å². The molecule has 0 spiro atoms. The molecule has 0 aliphatic carbocycles. The summed E-state index contributed by atoms with van der Waals surface area (Å²) in [5.74, 6) is 0. The van der Waals surface area contributed by atoms with Crippen LogP contribution in [0.15, 0.2) is 12.4 Å². The second-order valence-electron chi connectivity index (χ2n) is 5.62. The highest BCUT2D eigenvalue weighted by Crippen LogP contribution is 2.23. The molecule has 1 atom stereocenters. The molecule has 0 saturated carbocycles. The molecule has 19 heavy (non-hydrogen) atoms. The van der Waals surface area contributed by atoms with Crippen molar-refractivity contribution in [2.45, 2.75) is 38.8 Å². The first-order chi connectivity index (χ1) is 8.35. The number of hydrogen-bond acceptors (Lipinski definition) is 4. The first-order valence-electron chi connectivity index (χ1n) is 6.13. The van der Waals surface area contributed by atoms with E-state index in [0.29, 0.717) is 18.8 Å². The van der Waals surface area contributed by atoms with Crippen molar-refractivity contribution in [3.05, 3.63) is 12.4 Å². The summed E-state index contributed by atoms with van der Waals surface area (Å²) < 4.78 is 7.16. The molecule has 0 radical (unpaired) electrons. The standard InChI is InChI=1S/C12H20N4O2.H2S/c1-12(2,3)18-11(17)15-5-4-10(8-15)16-7-9(13)6-14-16;/h6-7,10H,4-5,8,13H2,1-3H3;1H2/t10-;/m0./s1. The van der Waals surface area contributed by atoms with Gasteiger partial charge >= 0.3 is 6.09 Å². The van der Waals surface area contributed by atoms with Crippen LogP contribution in [0.2, 0.25) is 0 Å². The maximum atomic E-state index is 11.9. The number of nitrogens with two attached hydrogens (primary N) is 1. The summed E-state index contributed by atoms with van der Waals surface area (Å²) in [7, 11) is 0. The number of ether oxygens (including phenoxy) is 1. The van der Waals surface area contributed by atoms with E-state index in [1.807, 2.05) is 25.5 Å². The minimum absolute atomic E-state index is 0. The molecule has 0 unspecified atom stereocenters. The predicted octanol–water partition coefficient (Wildman–Crippen LogP) is 1.76. The van der Waals surface area contributed by atoms with Crippen molar-refractivity contribution >= 4 is 25.3 Å². The number of hydrogen-bond donors (Lipinski definition) is 1. The zero-order valence-electron chi connectivity index (χ0n) is 11.6. The summed E-state index contributed by atoms with van der Waals surface area (Å²) >= 11 is 0. The van der Waals surface area contributed by atoms with Crippen molar-refractivity contribution in [3.63, 3.8) is 0 Å². The van der Waals surface area contributed by atoms with Gasteiger partial charge in [0.25, 0.3) is 0 Å². The summed E-state index contributed by atoms with van der Waals surface area (Å²) in [5.41, 5.74) is 5.83. The summed E-state index contributed by atoms with van der Waals surface area (Å²) in [6, 6.07) is 0.190. The van der Waals surface area contributed by atoms with E-state index < -0.39 is 5.60 Å². The zero-order valence-corrected chi connectivity index (χ0v) is 12.6. The van der Waals surface area contributed by atoms with E-state index in [9.17, 15) is 4.79 Å². The quantitative estimate of drug-likeness (QED) is 0.853. The average molecular weight is 286 g/mol. The molecule has 1 aliphatic heterocycles. The molecule has 6 nitrogen and oxygen atoms in total. The third-order valence-electron chi connectivity index (χ3n) is 2.81. The fourth-order valence-corrected chi connectivity index (χ4v) is 2.00. The summed E-state index contributed by atoms with van der Waals surface area (Å²) in [6.07, 6.45) is 4.03. The molecule has 1 fully saturated rings. The van der Waals surface area contributed by atoms with Gasteiger partial charge in [-0.15, -0.1) is 0 Å². The van der Waals surface area contributed by atoms with E-state index >= 15 is 0 Å². The second kappa shape index (κ2) is 5.73. The summed E-state index contributed by atoms with van der Waals surface area (Å²) in [5, 5.41) is 4.18. The maximum Gasteiger partial charge on any atom is 0.410 e. The highest BCUT2D eigenvalue weighted by atomic mass is 32.1. The van der Waals surface area contributed by atoms with E-state index in [2.05, 4.69) is 5.10 Å². The topological polar surface area (TPSA) is 73.4 Å². The van der Waals surface area contributed by atoms with Crippen LogP contribution in [-0.4, -0.2) is 39.5 Å². The predicted molar refractivity (Wildman–Crippen MR) is 78.5 cm³/mol. The number of nitrogens with zero attached hydrogens (tertiary/aromatic N) is 3. The number of anilines is 1. The zero-order chi connectivity index (χ0) is 13.3. The van der Waals surface area contributed by atoms with E-state index in [1.165, 1.54) is 0 Å². The van der Waals surface area contributed by atoms with Gasteiger partial charge in [0.05, 0.1) is 17.9 Å². The van der Waals surface area contributed by atoms with Gasteiger partial charge in [-0.1, -0.05) is 0 Å². The van der Waals surface area contributed by atoms with Gasteiger partial charge in [-0.25, -0.2) is 4.79 Å². The average Bonchev–Trinajstić information content (AvgIpc) is 2.82. The number of rotatable bonds is 1. The Hall–Kier alpha value is -1.37. The fraction of sp³-hybridized carbons (Fsp3) is 0.667. The van der Waals surface area contributed by atoms with Crippen molar-refractivity contribution in [1.82, 2.24) is 14.7 Å². The van der Waals surface area contributed by atoms with Crippen molar-refractivity contribution in [3.8, 4) is 0 Å². The Kier molecular flexibility index (Phi) is 4.73. The van der Waals surface area contributed by atoms with Crippen LogP contribution in [0.25, 0.3) is 0 Å². The third-order valence-corrected chi connectivity index (χ3v) is 2.81. The molecule has 1 aliphatic rings. The number of nitrogen functional groups attached to an aromatic ring is 1. The molecular formula is C12H22N4O2S. The Labute approximate surface area is 120 Å². The van der Waals surface area contributed by atoms with Crippen molar-refractivity contribution in [1.29, 1.82) is 0 Å². The van der Waals surface area contributed by atoms with Crippen molar-refractivity contribution in [2.75, 3.05) is 18.8 Å². The monoisotopic (exact) mass is 286 g/mol. The van der Waals surface area contributed by atoms with Crippen molar-refractivity contribution < 1.29 is 9.53 Å². The van der Waals surface area contributed by atoms with Gasteiger partial charge in [-0.05, 0) is 27.2 Å². The number of aromatic nitrogens is 2. The normalized spacial score (nSPS) is 19.1. The van der Waals surface area contributed by atoms with Crippen LogP contribution >= 0.6 is 13.5 Å². The number of amides is 1. The van der Waals surface area contributed by atoms with Gasteiger partial charge < -0.3 is 15.4 Å².